The number of amides is 1. The van der Waals surface area contributed by atoms with Crippen LogP contribution in [0.1, 0.15) is 21.7 Å². The van der Waals surface area contributed by atoms with Crippen LogP contribution >= 0.6 is 11.8 Å². The van der Waals surface area contributed by atoms with Crippen molar-refractivity contribution in [1.82, 2.24) is 9.55 Å². The molecule has 0 radical (unpaired) electrons. The molecule has 3 rings (SSSR count). The Labute approximate surface area is 161 Å². The molecule has 2 aromatic carbocycles. The molecule has 1 aromatic heterocycles. The molecule has 0 aliphatic carbocycles. The molecule has 7 heteroatoms. The first-order chi connectivity index (χ1) is 13.1. The van der Waals surface area contributed by atoms with Crippen LogP contribution in [-0.4, -0.2) is 27.2 Å². The summed E-state index contributed by atoms with van der Waals surface area (Å²) < 4.78 is 7.39. The van der Waals surface area contributed by atoms with Crippen molar-refractivity contribution in [1.29, 1.82) is 0 Å². The first kappa shape index (κ1) is 18.7. The maximum Gasteiger partial charge on any atom is 0.339 e. The van der Waals surface area contributed by atoms with Crippen molar-refractivity contribution in [2.24, 2.45) is 5.73 Å². The summed E-state index contributed by atoms with van der Waals surface area (Å²) >= 11 is 1.22. The fraction of sp³-hybridized carbons (Fsp3) is 0.150. The number of ether oxygens (including phenoxy) is 1. The van der Waals surface area contributed by atoms with Gasteiger partial charge in [0.15, 0.2) is 0 Å². The first-order valence-electron chi connectivity index (χ1n) is 8.34. The zero-order chi connectivity index (χ0) is 19.1. The van der Waals surface area contributed by atoms with Gasteiger partial charge in [0.2, 0.25) is 5.91 Å². The van der Waals surface area contributed by atoms with Gasteiger partial charge in [0.1, 0.15) is 12.4 Å². The van der Waals surface area contributed by atoms with E-state index in [4.69, 9.17) is 10.5 Å². The van der Waals surface area contributed by atoms with Crippen LogP contribution in [0, 0.1) is 0 Å². The predicted octanol–water partition coefficient (Wildman–Crippen LogP) is 2.87. The molecule has 27 heavy (non-hydrogen) atoms. The minimum absolute atomic E-state index is 0.0630. The van der Waals surface area contributed by atoms with E-state index in [-0.39, 0.29) is 12.4 Å². The number of aromatic nitrogens is 2. The molecule has 0 unspecified atom stereocenters. The lowest BCUT2D eigenvalue weighted by molar-refractivity contribution is -0.115. The number of esters is 1. The van der Waals surface area contributed by atoms with Crippen molar-refractivity contribution in [3.8, 4) is 0 Å². The summed E-state index contributed by atoms with van der Waals surface area (Å²) in [5.41, 5.74) is 6.73. The molecule has 0 saturated heterocycles. The lowest BCUT2D eigenvalue weighted by Crippen LogP contribution is -2.14. The van der Waals surface area contributed by atoms with Crippen molar-refractivity contribution >= 4 is 23.6 Å². The summed E-state index contributed by atoms with van der Waals surface area (Å²) in [5.74, 6) is -0.136. The fourth-order valence-corrected chi connectivity index (χ4v) is 3.30. The minimum atomic E-state index is -0.461. The van der Waals surface area contributed by atoms with Crippen LogP contribution in [0.25, 0.3) is 0 Å². The molecule has 1 amide bonds. The molecule has 2 N–H and O–H groups in total. The second-order valence-electron chi connectivity index (χ2n) is 5.78. The average Bonchev–Trinajstić information content (AvgIpc) is 3.12. The highest BCUT2D eigenvalue weighted by Crippen LogP contribution is 2.23. The molecule has 0 atom stereocenters. The van der Waals surface area contributed by atoms with E-state index in [0.717, 1.165) is 5.56 Å². The predicted molar refractivity (Wildman–Crippen MR) is 103 cm³/mol. The van der Waals surface area contributed by atoms with Gasteiger partial charge in [0.25, 0.3) is 0 Å². The van der Waals surface area contributed by atoms with E-state index in [1.54, 1.807) is 30.5 Å². The van der Waals surface area contributed by atoms with Gasteiger partial charge in [0.05, 0.1) is 11.3 Å². The van der Waals surface area contributed by atoms with Crippen molar-refractivity contribution < 1.29 is 14.3 Å². The number of imidazole rings is 1. The second kappa shape index (κ2) is 9.05. The van der Waals surface area contributed by atoms with Crippen molar-refractivity contribution in [3.05, 3.63) is 83.9 Å². The molecule has 0 fully saturated rings. The van der Waals surface area contributed by atoms with Gasteiger partial charge in [0, 0.05) is 23.8 Å². The number of nitrogens with zero attached hydrogens (tertiary/aromatic N) is 2. The third-order valence-electron chi connectivity index (χ3n) is 3.81. The monoisotopic (exact) mass is 381 g/mol. The Kier molecular flexibility index (Phi) is 6.27. The van der Waals surface area contributed by atoms with Crippen molar-refractivity contribution in [3.63, 3.8) is 0 Å². The largest absolute Gasteiger partial charge is 0.454 e. The van der Waals surface area contributed by atoms with E-state index < -0.39 is 11.9 Å². The number of primary amides is 1. The second-order valence-corrected chi connectivity index (χ2v) is 6.80. The molecule has 0 spiro atoms. The number of nitrogens with two attached hydrogens (primary N) is 1. The lowest BCUT2D eigenvalue weighted by atomic mass is 10.2. The highest BCUT2D eigenvalue weighted by molar-refractivity contribution is 8.00. The first-order valence-corrected chi connectivity index (χ1v) is 9.33. The quantitative estimate of drug-likeness (QED) is 0.479. The fourth-order valence-electron chi connectivity index (χ4n) is 2.52. The van der Waals surface area contributed by atoms with Crippen LogP contribution in [0.2, 0.25) is 0 Å². The number of thioether (sulfide) groups is 1. The zero-order valence-electron chi connectivity index (χ0n) is 14.6. The highest BCUT2D eigenvalue weighted by Gasteiger charge is 2.15. The van der Waals surface area contributed by atoms with Gasteiger partial charge in [-0.25, -0.2) is 9.78 Å². The SMILES string of the molecule is NC(=O)CSc1ccccc1C(=O)OCc1nccn1Cc1ccccc1. The third-order valence-corrected chi connectivity index (χ3v) is 4.90. The molecule has 0 bridgehead atoms. The van der Waals surface area contributed by atoms with Crippen molar-refractivity contribution in [2.45, 2.75) is 18.0 Å². The van der Waals surface area contributed by atoms with Crippen LogP contribution < -0.4 is 5.73 Å². The van der Waals surface area contributed by atoms with Crippen LogP contribution in [0.5, 0.6) is 0 Å². The molecular weight excluding hydrogens is 362 g/mol. The van der Waals surface area contributed by atoms with Crippen molar-refractivity contribution in [2.75, 3.05) is 5.75 Å². The summed E-state index contributed by atoms with van der Waals surface area (Å²) in [4.78, 5) is 28.4. The summed E-state index contributed by atoms with van der Waals surface area (Å²) in [6.45, 7) is 0.715. The molecule has 0 aliphatic rings. The van der Waals surface area contributed by atoms with Gasteiger partial charge < -0.3 is 15.0 Å². The summed E-state index contributed by atoms with van der Waals surface area (Å²) in [5, 5.41) is 0. The number of carbonyl (C=O) groups excluding carboxylic acids is 2. The third kappa shape index (κ3) is 5.21. The summed E-state index contributed by atoms with van der Waals surface area (Å²) in [7, 11) is 0. The van der Waals surface area contributed by atoms with E-state index >= 15 is 0 Å². The van der Waals surface area contributed by atoms with Crippen LogP contribution in [0.3, 0.4) is 0 Å². The minimum Gasteiger partial charge on any atom is -0.454 e. The highest BCUT2D eigenvalue weighted by atomic mass is 32.2. The number of hydrogen-bond acceptors (Lipinski definition) is 5. The Morgan fingerprint density at radius 1 is 1.07 bits per heavy atom. The Bertz CT molecular complexity index is 925. The van der Waals surface area contributed by atoms with E-state index in [1.165, 1.54) is 11.8 Å². The maximum atomic E-state index is 12.5. The number of rotatable bonds is 8. The number of benzene rings is 2. The average molecular weight is 381 g/mol. The van der Waals surface area contributed by atoms with Gasteiger partial charge in [-0.15, -0.1) is 11.8 Å². The Balaban J connectivity index is 1.65. The molecule has 0 aliphatic heterocycles. The van der Waals surface area contributed by atoms with Gasteiger partial charge in [-0.05, 0) is 17.7 Å². The molecule has 3 aromatic rings. The summed E-state index contributed by atoms with van der Waals surface area (Å²) in [6, 6.07) is 17.0. The Hall–Kier alpha value is -3.06. The topological polar surface area (TPSA) is 87.2 Å². The Morgan fingerprint density at radius 3 is 2.59 bits per heavy atom. The molecule has 0 saturated carbocycles. The van der Waals surface area contributed by atoms with Gasteiger partial charge in [-0.1, -0.05) is 42.5 Å². The van der Waals surface area contributed by atoms with E-state index in [1.807, 2.05) is 41.1 Å². The molecular formula is C20H19N3O3S. The van der Waals surface area contributed by atoms with Gasteiger partial charge in [-0.3, -0.25) is 4.79 Å². The molecule has 1 heterocycles. The van der Waals surface area contributed by atoms with Gasteiger partial charge >= 0.3 is 5.97 Å². The van der Waals surface area contributed by atoms with Crippen LogP contribution in [0.4, 0.5) is 0 Å². The van der Waals surface area contributed by atoms with Crippen LogP contribution in [0.15, 0.2) is 71.9 Å². The van der Waals surface area contributed by atoms with E-state index in [2.05, 4.69) is 4.98 Å². The molecule has 6 nitrogen and oxygen atoms in total. The smallest absolute Gasteiger partial charge is 0.339 e. The number of hydrogen-bond donors (Lipinski definition) is 1. The number of carbonyl (C=O) groups is 2. The lowest BCUT2D eigenvalue weighted by Gasteiger charge is -2.10. The van der Waals surface area contributed by atoms with E-state index in [0.29, 0.717) is 22.8 Å². The summed E-state index contributed by atoms with van der Waals surface area (Å²) in [6.07, 6.45) is 3.54. The zero-order valence-corrected chi connectivity index (χ0v) is 15.4. The standard InChI is InChI=1S/C20H19N3O3S/c21-18(24)14-27-17-9-5-4-8-16(17)20(25)26-13-19-22-10-11-23(19)12-15-6-2-1-3-7-15/h1-11H,12-14H2,(H2,21,24). The van der Waals surface area contributed by atoms with Gasteiger partial charge in [-0.2, -0.15) is 0 Å². The van der Waals surface area contributed by atoms with E-state index in [9.17, 15) is 9.59 Å². The normalized spacial score (nSPS) is 10.5. The molecule has 138 valence electrons. The van der Waals surface area contributed by atoms with Crippen LogP contribution in [-0.2, 0) is 22.7 Å². The maximum absolute atomic E-state index is 12.5. The Morgan fingerprint density at radius 2 is 1.81 bits per heavy atom.